The van der Waals surface area contributed by atoms with Crippen LogP contribution >= 0.6 is 11.8 Å². The van der Waals surface area contributed by atoms with Crippen LogP contribution in [0, 0.1) is 5.82 Å². The Bertz CT molecular complexity index is 982. The Hall–Kier alpha value is -2.74. The molecule has 29 heavy (non-hydrogen) atoms. The molecule has 152 valence electrons. The Morgan fingerprint density at radius 3 is 2.79 bits per heavy atom. The second-order valence-electron chi connectivity index (χ2n) is 7.18. The fourth-order valence-electron chi connectivity index (χ4n) is 3.40. The number of halogens is 1. The summed E-state index contributed by atoms with van der Waals surface area (Å²) in [4.78, 5) is 17.2. The maximum atomic E-state index is 14.6. The predicted molar refractivity (Wildman–Crippen MR) is 112 cm³/mol. The van der Waals surface area contributed by atoms with Crippen LogP contribution in [0.25, 0.3) is 0 Å². The third-order valence-corrected chi connectivity index (χ3v) is 5.81. The van der Waals surface area contributed by atoms with Crippen LogP contribution in [0.4, 0.5) is 10.1 Å². The van der Waals surface area contributed by atoms with E-state index in [1.165, 1.54) is 23.9 Å². The second-order valence-corrected chi connectivity index (χ2v) is 8.30. The highest BCUT2D eigenvalue weighted by atomic mass is 32.2. The molecule has 0 spiro atoms. The Labute approximate surface area is 172 Å². The summed E-state index contributed by atoms with van der Waals surface area (Å²) < 4.78 is 25.8. The van der Waals surface area contributed by atoms with Gasteiger partial charge in [-0.3, -0.25) is 9.79 Å². The molecule has 6 nitrogen and oxygen atoms in total. The molecule has 2 aliphatic heterocycles. The molecule has 0 fully saturated rings. The number of fused-ring (bicyclic) bond motifs is 1. The van der Waals surface area contributed by atoms with Gasteiger partial charge in [0.2, 0.25) is 0 Å². The van der Waals surface area contributed by atoms with E-state index in [1.54, 1.807) is 24.3 Å². The van der Waals surface area contributed by atoms with Crippen molar-refractivity contribution >= 4 is 28.5 Å². The highest BCUT2D eigenvalue weighted by Crippen LogP contribution is 2.37. The number of hydrogen-bond acceptors (Lipinski definition) is 6. The van der Waals surface area contributed by atoms with Gasteiger partial charge in [0.1, 0.15) is 5.82 Å². The number of thioether (sulfide) groups is 1. The first kappa shape index (κ1) is 19.6. The first-order valence-corrected chi connectivity index (χ1v) is 10.4. The number of nitrogens with one attached hydrogen (secondary N) is 1. The molecule has 4 rings (SSSR count). The summed E-state index contributed by atoms with van der Waals surface area (Å²) in [5.41, 5.74) is 6.44. The van der Waals surface area contributed by atoms with E-state index in [-0.39, 0.29) is 11.7 Å². The quantitative estimate of drug-likeness (QED) is 0.794. The summed E-state index contributed by atoms with van der Waals surface area (Å²) in [7, 11) is 0. The van der Waals surface area contributed by atoms with Gasteiger partial charge in [0.05, 0.1) is 18.8 Å². The number of carbonyl (C=O) groups is 1. The van der Waals surface area contributed by atoms with Gasteiger partial charge >= 0.3 is 0 Å². The normalized spacial score (nSPS) is 21.1. The van der Waals surface area contributed by atoms with Crippen molar-refractivity contribution in [3.8, 4) is 11.5 Å². The maximum Gasteiger partial charge on any atom is 0.255 e. The zero-order chi connectivity index (χ0) is 20.4. The van der Waals surface area contributed by atoms with Gasteiger partial charge in [-0.1, -0.05) is 11.8 Å². The Kier molecular flexibility index (Phi) is 5.36. The van der Waals surface area contributed by atoms with E-state index in [0.717, 1.165) is 12.2 Å². The molecule has 0 bridgehead atoms. The number of carbonyl (C=O) groups excluding carboxylic acids is 1. The Morgan fingerprint density at radius 2 is 2.00 bits per heavy atom. The van der Waals surface area contributed by atoms with E-state index in [2.05, 4.69) is 10.3 Å². The van der Waals surface area contributed by atoms with Crippen molar-refractivity contribution in [3.05, 3.63) is 53.3 Å². The third kappa shape index (κ3) is 4.17. The van der Waals surface area contributed by atoms with Gasteiger partial charge in [-0.15, -0.1) is 0 Å². The fraction of sp³-hybridized carbons (Fsp3) is 0.333. The van der Waals surface area contributed by atoms with Gasteiger partial charge in [-0.05, 0) is 49.7 Å². The number of benzene rings is 2. The maximum absolute atomic E-state index is 14.6. The van der Waals surface area contributed by atoms with Crippen molar-refractivity contribution in [1.29, 1.82) is 0 Å². The van der Waals surface area contributed by atoms with Crippen molar-refractivity contribution in [1.82, 2.24) is 0 Å². The molecule has 2 aromatic carbocycles. The van der Waals surface area contributed by atoms with Crippen LogP contribution in [-0.4, -0.2) is 30.0 Å². The lowest BCUT2D eigenvalue weighted by molar-refractivity contribution is 0.102. The molecule has 0 aliphatic carbocycles. The molecular weight excluding hydrogens is 393 g/mol. The van der Waals surface area contributed by atoms with Crippen LogP contribution in [-0.2, 0) is 5.54 Å². The first-order chi connectivity index (χ1) is 13.9. The average Bonchev–Trinajstić information content (AvgIpc) is 2.94. The number of nitrogens with two attached hydrogens (primary N) is 1. The second kappa shape index (κ2) is 7.94. The Morgan fingerprint density at radius 1 is 1.21 bits per heavy atom. The molecule has 0 saturated heterocycles. The first-order valence-electron chi connectivity index (χ1n) is 9.44. The van der Waals surface area contributed by atoms with Crippen molar-refractivity contribution < 1.29 is 18.7 Å². The summed E-state index contributed by atoms with van der Waals surface area (Å²) in [6.45, 7) is 2.98. The molecule has 0 radical (unpaired) electrons. The van der Waals surface area contributed by atoms with Crippen molar-refractivity contribution in [3.63, 3.8) is 0 Å². The van der Waals surface area contributed by atoms with Gasteiger partial charge in [-0.2, -0.15) is 0 Å². The van der Waals surface area contributed by atoms with E-state index in [9.17, 15) is 9.18 Å². The predicted octanol–water partition coefficient (Wildman–Crippen LogP) is 3.91. The lowest BCUT2D eigenvalue weighted by Crippen LogP contribution is -2.29. The van der Waals surface area contributed by atoms with Crippen molar-refractivity contribution in [2.45, 2.75) is 25.3 Å². The smallest absolute Gasteiger partial charge is 0.255 e. The fourth-order valence-corrected chi connectivity index (χ4v) is 4.38. The molecule has 1 unspecified atom stereocenters. The standard InChI is InChI=1S/C21H22FN3O3S/c1-21(7-10-29-20(23)25-21)15-12-14(4-5-16(15)22)24-19(26)13-3-6-17-18(11-13)28-9-2-8-27-17/h3-6,11-12H,2,7-10H2,1H3,(H2,23,25)(H,24,26). The van der Waals surface area contributed by atoms with E-state index >= 15 is 0 Å². The number of amidine groups is 1. The number of hydrogen-bond donors (Lipinski definition) is 2. The zero-order valence-corrected chi connectivity index (χ0v) is 16.9. The van der Waals surface area contributed by atoms with Crippen LogP contribution in [0.15, 0.2) is 41.4 Å². The van der Waals surface area contributed by atoms with Gasteiger partial charge in [-0.25, -0.2) is 4.39 Å². The van der Waals surface area contributed by atoms with E-state index in [1.807, 2.05) is 6.92 Å². The minimum Gasteiger partial charge on any atom is -0.490 e. The molecule has 0 aromatic heterocycles. The molecule has 2 aromatic rings. The average molecular weight is 415 g/mol. The monoisotopic (exact) mass is 415 g/mol. The topological polar surface area (TPSA) is 85.9 Å². The zero-order valence-electron chi connectivity index (χ0n) is 16.0. The number of anilines is 1. The molecular formula is C21H22FN3O3S. The van der Waals surface area contributed by atoms with E-state index in [4.69, 9.17) is 15.2 Å². The summed E-state index contributed by atoms with van der Waals surface area (Å²) in [5, 5.41) is 3.27. The minimum atomic E-state index is -0.755. The van der Waals surface area contributed by atoms with Crippen LogP contribution in [0.5, 0.6) is 11.5 Å². The summed E-state index contributed by atoms with van der Waals surface area (Å²) in [6.07, 6.45) is 1.45. The molecule has 2 heterocycles. The van der Waals surface area contributed by atoms with E-state index in [0.29, 0.717) is 53.1 Å². The molecule has 1 atom stereocenters. The molecule has 2 aliphatic rings. The minimum absolute atomic E-state index is 0.314. The summed E-state index contributed by atoms with van der Waals surface area (Å²) in [6, 6.07) is 9.57. The third-order valence-electron chi connectivity index (χ3n) is 5.01. The van der Waals surface area contributed by atoms with Crippen molar-refractivity contribution in [2.24, 2.45) is 10.7 Å². The highest BCUT2D eigenvalue weighted by Gasteiger charge is 2.32. The lowest BCUT2D eigenvalue weighted by Gasteiger charge is -2.30. The van der Waals surface area contributed by atoms with Crippen LogP contribution in [0.1, 0.15) is 35.7 Å². The van der Waals surface area contributed by atoms with Gasteiger partial charge in [0.25, 0.3) is 5.91 Å². The number of aliphatic imine (C=N–C) groups is 1. The van der Waals surface area contributed by atoms with Crippen LogP contribution in [0.2, 0.25) is 0 Å². The van der Waals surface area contributed by atoms with Gasteiger partial charge < -0.3 is 20.5 Å². The molecule has 1 amide bonds. The van der Waals surface area contributed by atoms with Gasteiger partial charge in [0, 0.05) is 29.0 Å². The highest BCUT2D eigenvalue weighted by molar-refractivity contribution is 8.13. The van der Waals surface area contributed by atoms with Gasteiger partial charge in [0.15, 0.2) is 16.7 Å². The number of ether oxygens (including phenoxy) is 2. The summed E-state index contributed by atoms with van der Waals surface area (Å²) >= 11 is 1.46. The van der Waals surface area contributed by atoms with Crippen LogP contribution < -0.4 is 20.5 Å². The Balaban J connectivity index is 1.58. The molecule has 0 saturated carbocycles. The lowest BCUT2D eigenvalue weighted by atomic mass is 9.89. The molecule has 3 N–H and O–H groups in total. The largest absolute Gasteiger partial charge is 0.490 e. The van der Waals surface area contributed by atoms with Crippen LogP contribution in [0.3, 0.4) is 0 Å². The van der Waals surface area contributed by atoms with Crippen molar-refractivity contribution in [2.75, 3.05) is 24.3 Å². The number of nitrogens with zero attached hydrogens (tertiary/aromatic N) is 1. The number of rotatable bonds is 3. The summed E-state index contributed by atoms with van der Waals surface area (Å²) in [5.74, 6) is 1.25. The molecule has 8 heteroatoms. The van der Waals surface area contributed by atoms with E-state index < -0.39 is 5.54 Å². The SMILES string of the molecule is CC1(c2cc(NC(=O)c3ccc4c(c3)OCCCO4)ccc2F)CCSC(N)=N1. The number of amides is 1.